The Balaban J connectivity index is 2.51. The van der Waals surface area contributed by atoms with Gasteiger partial charge in [-0.3, -0.25) is 0 Å². The maximum absolute atomic E-state index is 3.14. The maximum atomic E-state index is 3.14. The van der Waals surface area contributed by atoms with Crippen molar-refractivity contribution in [2.24, 2.45) is 0 Å². The fourth-order valence-electron chi connectivity index (χ4n) is 1.26. The maximum Gasteiger partial charge on any atom is 0.0245 e. The van der Waals surface area contributed by atoms with E-state index in [0.717, 1.165) is 25.1 Å². The number of hydrogen-bond acceptors (Lipinski definition) is 2. The summed E-state index contributed by atoms with van der Waals surface area (Å²) in [7, 11) is 3.89. The minimum Gasteiger partial charge on any atom is -0.319 e. The Labute approximate surface area is 92.1 Å². The molecular formula is C13H18N2. The second-order valence-electron chi connectivity index (χ2n) is 3.38. The number of rotatable bonds is 4. The van der Waals surface area contributed by atoms with E-state index in [1.165, 1.54) is 5.56 Å². The molecule has 0 heterocycles. The molecule has 0 unspecified atom stereocenters. The van der Waals surface area contributed by atoms with Crippen LogP contribution in [0.2, 0.25) is 0 Å². The van der Waals surface area contributed by atoms with Gasteiger partial charge in [-0.05, 0) is 31.8 Å². The first kappa shape index (κ1) is 11.8. The van der Waals surface area contributed by atoms with Gasteiger partial charge in [-0.2, -0.15) is 0 Å². The fourth-order valence-corrected chi connectivity index (χ4v) is 1.26. The van der Waals surface area contributed by atoms with Gasteiger partial charge in [-0.25, -0.2) is 0 Å². The standard InChI is InChI=1S/C13H18N2/c1-14-10-4-3-5-12-6-8-13(9-7-12)11-15-2/h6-9,14-15H,4,10-11H2,1-2H3. The van der Waals surface area contributed by atoms with Crippen LogP contribution in [-0.4, -0.2) is 20.6 Å². The van der Waals surface area contributed by atoms with E-state index < -0.39 is 0 Å². The lowest BCUT2D eigenvalue weighted by molar-refractivity contribution is 0.817. The number of hydrogen-bond donors (Lipinski definition) is 2. The highest BCUT2D eigenvalue weighted by Crippen LogP contribution is 2.02. The normalized spacial score (nSPS) is 9.47. The van der Waals surface area contributed by atoms with Gasteiger partial charge in [0.1, 0.15) is 0 Å². The van der Waals surface area contributed by atoms with Crippen LogP contribution >= 0.6 is 0 Å². The lowest BCUT2D eigenvalue weighted by Gasteiger charge is -1.98. The molecule has 0 bridgehead atoms. The molecule has 15 heavy (non-hydrogen) atoms. The van der Waals surface area contributed by atoms with Crippen molar-refractivity contribution in [3.8, 4) is 11.8 Å². The molecule has 0 spiro atoms. The fraction of sp³-hybridized carbons (Fsp3) is 0.385. The number of nitrogens with one attached hydrogen (secondary N) is 2. The molecule has 0 atom stereocenters. The lowest BCUT2D eigenvalue weighted by atomic mass is 10.1. The summed E-state index contributed by atoms with van der Waals surface area (Å²) >= 11 is 0. The van der Waals surface area contributed by atoms with Crippen LogP contribution in [0.15, 0.2) is 24.3 Å². The Morgan fingerprint density at radius 2 is 1.80 bits per heavy atom. The number of benzene rings is 1. The summed E-state index contributed by atoms with van der Waals surface area (Å²) in [5, 5.41) is 6.19. The first-order valence-electron chi connectivity index (χ1n) is 5.24. The summed E-state index contributed by atoms with van der Waals surface area (Å²) in [6.07, 6.45) is 0.898. The Morgan fingerprint density at radius 1 is 1.07 bits per heavy atom. The third-order valence-electron chi connectivity index (χ3n) is 2.07. The van der Waals surface area contributed by atoms with Crippen molar-refractivity contribution in [1.82, 2.24) is 10.6 Å². The summed E-state index contributed by atoms with van der Waals surface area (Å²) in [5.74, 6) is 6.26. The van der Waals surface area contributed by atoms with E-state index in [-0.39, 0.29) is 0 Å². The van der Waals surface area contributed by atoms with Gasteiger partial charge in [0.2, 0.25) is 0 Å². The Kier molecular flexibility index (Phi) is 5.54. The average Bonchev–Trinajstić information content (AvgIpc) is 2.27. The highest BCUT2D eigenvalue weighted by Gasteiger charge is 1.90. The van der Waals surface area contributed by atoms with Gasteiger partial charge in [0.15, 0.2) is 0 Å². The third kappa shape index (κ3) is 4.64. The SMILES string of the molecule is CNCCC#Cc1ccc(CNC)cc1. The summed E-state index contributed by atoms with van der Waals surface area (Å²) in [4.78, 5) is 0. The first-order valence-corrected chi connectivity index (χ1v) is 5.24. The van der Waals surface area contributed by atoms with Crippen LogP contribution in [0.1, 0.15) is 17.5 Å². The van der Waals surface area contributed by atoms with Crippen LogP contribution in [0, 0.1) is 11.8 Å². The third-order valence-corrected chi connectivity index (χ3v) is 2.07. The predicted octanol–water partition coefficient (Wildman–Crippen LogP) is 1.37. The highest BCUT2D eigenvalue weighted by molar-refractivity contribution is 5.36. The zero-order valence-electron chi connectivity index (χ0n) is 9.43. The second kappa shape index (κ2) is 7.05. The zero-order valence-corrected chi connectivity index (χ0v) is 9.43. The summed E-state index contributed by atoms with van der Waals surface area (Å²) in [6.45, 7) is 1.86. The van der Waals surface area contributed by atoms with E-state index >= 15 is 0 Å². The quantitative estimate of drug-likeness (QED) is 0.569. The molecule has 0 aliphatic carbocycles. The molecule has 0 saturated carbocycles. The molecule has 0 aliphatic rings. The summed E-state index contributed by atoms with van der Waals surface area (Å²) in [5.41, 5.74) is 2.38. The monoisotopic (exact) mass is 202 g/mol. The van der Waals surface area contributed by atoms with Gasteiger partial charge in [0.05, 0.1) is 0 Å². The van der Waals surface area contributed by atoms with Crippen molar-refractivity contribution in [3.63, 3.8) is 0 Å². The van der Waals surface area contributed by atoms with Crippen LogP contribution in [-0.2, 0) is 6.54 Å². The van der Waals surface area contributed by atoms with E-state index in [0.29, 0.717) is 0 Å². The Hall–Kier alpha value is -1.30. The summed E-state index contributed by atoms with van der Waals surface area (Å²) < 4.78 is 0. The molecule has 80 valence electrons. The van der Waals surface area contributed by atoms with Crippen molar-refractivity contribution >= 4 is 0 Å². The molecule has 0 aromatic heterocycles. The molecule has 2 heteroatoms. The minimum absolute atomic E-state index is 0.898. The predicted molar refractivity (Wildman–Crippen MR) is 64.6 cm³/mol. The zero-order chi connectivity index (χ0) is 10.9. The van der Waals surface area contributed by atoms with E-state index in [4.69, 9.17) is 0 Å². The van der Waals surface area contributed by atoms with Crippen LogP contribution in [0.5, 0.6) is 0 Å². The van der Waals surface area contributed by atoms with Crippen LogP contribution in [0.3, 0.4) is 0 Å². The molecular weight excluding hydrogens is 184 g/mol. The minimum atomic E-state index is 0.898. The van der Waals surface area contributed by atoms with Gasteiger partial charge in [0.25, 0.3) is 0 Å². The van der Waals surface area contributed by atoms with Gasteiger partial charge in [-0.15, -0.1) is 0 Å². The molecule has 1 rings (SSSR count). The molecule has 1 aromatic rings. The molecule has 0 amide bonds. The van der Waals surface area contributed by atoms with Gasteiger partial charge >= 0.3 is 0 Å². The first-order chi connectivity index (χ1) is 7.36. The summed E-state index contributed by atoms with van der Waals surface area (Å²) in [6, 6.07) is 8.36. The van der Waals surface area contributed by atoms with Gasteiger partial charge in [0, 0.05) is 25.1 Å². The molecule has 1 aromatic carbocycles. The topological polar surface area (TPSA) is 24.1 Å². The van der Waals surface area contributed by atoms with Crippen molar-refractivity contribution in [1.29, 1.82) is 0 Å². The molecule has 2 nitrogen and oxygen atoms in total. The largest absolute Gasteiger partial charge is 0.319 e. The van der Waals surface area contributed by atoms with Crippen molar-refractivity contribution in [2.45, 2.75) is 13.0 Å². The average molecular weight is 202 g/mol. The Bertz CT molecular complexity index is 330. The van der Waals surface area contributed by atoms with Crippen molar-refractivity contribution < 1.29 is 0 Å². The van der Waals surface area contributed by atoms with Crippen molar-refractivity contribution in [3.05, 3.63) is 35.4 Å². The van der Waals surface area contributed by atoms with Gasteiger partial charge in [-0.1, -0.05) is 24.0 Å². The van der Waals surface area contributed by atoms with Crippen LogP contribution in [0.25, 0.3) is 0 Å². The molecule has 0 aliphatic heterocycles. The van der Waals surface area contributed by atoms with E-state index in [1.807, 2.05) is 14.1 Å². The van der Waals surface area contributed by atoms with E-state index in [9.17, 15) is 0 Å². The molecule has 2 N–H and O–H groups in total. The van der Waals surface area contributed by atoms with Crippen LogP contribution < -0.4 is 10.6 Å². The molecule has 0 fully saturated rings. The van der Waals surface area contributed by atoms with E-state index in [2.05, 4.69) is 46.7 Å². The van der Waals surface area contributed by atoms with Crippen LogP contribution in [0.4, 0.5) is 0 Å². The second-order valence-corrected chi connectivity index (χ2v) is 3.38. The lowest BCUT2D eigenvalue weighted by Crippen LogP contribution is -2.05. The molecule has 0 radical (unpaired) electrons. The smallest absolute Gasteiger partial charge is 0.0245 e. The van der Waals surface area contributed by atoms with Crippen molar-refractivity contribution in [2.75, 3.05) is 20.6 Å². The highest BCUT2D eigenvalue weighted by atomic mass is 14.8. The molecule has 0 saturated heterocycles. The van der Waals surface area contributed by atoms with Gasteiger partial charge < -0.3 is 10.6 Å². The Morgan fingerprint density at radius 3 is 2.40 bits per heavy atom. The van der Waals surface area contributed by atoms with E-state index in [1.54, 1.807) is 0 Å².